The molecule has 1 heterocycles. The average Bonchev–Trinajstić information content (AvgIpc) is 2.97. The number of aliphatic hydroxyl groups is 1. The van der Waals surface area contributed by atoms with E-state index in [1.54, 1.807) is 12.1 Å². The number of aliphatic hydroxyl groups excluding tert-OH is 1. The minimum absolute atomic E-state index is 0.112. The number of aromatic amines is 1. The fraction of sp³-hybridized carbons (Fsp3) is 0.167. The Kier molecular flexibility index (Phi) is 4.79. The number of H-pyrrole nitrogens is 1. The lowest BCUT2D eigenvalue weighted by Crippen LogP contribution is -2.39. The normalized spacial score (nSPS) is 12.3. The molecule has 3 N–H and O–H groups in total. The smallest absolute Gasteiger partial charge is 0.251 e. The van der Waals surface area contributed by atoms with Gasteiger partial charge in [0, 0.05) is 27.1 Å². The van der Waals surface area contributed by atoms with Gasteiger partial charge in [-0.05, 0) is 36.2 Å². The fourth-order valence-electron chi connectivity index (χ4n) is 2.63. The van der Waals surface area contributed by atoms with Crippen molar-refractivity contribution < 1.29 is 9.90 Å². The lowest BCUT2D eigenvalue weighted by Gasteiger charge is -2.16. The van der Waals surface area contributed by atoms with Gasteiger partial charge in [0.1, 0.15) is 0 Å². The van der Waals surface area contributed by atoms with Crippen molar-refractivity contribution in [1.82, 2.24) is 10.3 Å². The number of aromatic nitrogens is 1. The van der Waals surface area contributed by atoms with Gasteiger partial charge in [-0.25, -0.2) is 0 Å². The van der Waals surface area contributed by atoms with E-state index in [-0.39, 0.29) is 18.6 Å². The van der Waals surface area contributed by atoms with E-state index in [1.807, 2.05) is 42.6 Å². The molecule has 0 aliphatic rings. The van der Waals surface area contributed by atoms with Crippen LogP contribution >= 0.6 is 15.9 Å². The van der Waals surface area contributed by atoms with Gasteiger partial charge in [-0.15, -0.1) is 0 Å². The van der Waals surface area contributed by atoms with E-state index in [4.69, 9.17) is 0 Å². The van der Waals surface area contributed by atoms with Crippen LogP contribution in [-0.2, 0) is 6.42 Å². The zero-order chi connectivity index (χ0) is 16.2. The molecule has 0 radical (unpaired) electrons. The van der Waals surface area contributed by atoms with E-state index in [0.717, 1.165) is 20.9 Å². The number of benzene rings is 2. The number of nitrogens with one attached hydrogen (secondary N) is 2. The van der Waals surface area contributed by atoms with Gasteiger partial charge in [0.2, 0.25) is 0 Å². The Balaban J connectivity index is 1.74. The molecular formula is C18H17BrN2O2. The first-order valence-corrected chi connectivity index (χ1v) is 8.19. The highest BCUT2D eigenvalue weighted by molar-refractivity contribution is 9.10. The minimum Gasteiger partial charge on any atom is -0.394 e. The lowest BCUT2D eigenvalue weighted by molar-refractivity contribution is 0.0916. The molecule has 23 heavy (non-hydrogen) atoms. The van der Waals surface area contributed by atoms with Crippen molar-refractivity contribution >= 4 is 32.7 Å². The summed E-state index contributed by atoms with van der Waals surface area (Å²) in [5.74, 6) is -0.190. The van der Waals surface area contributed by atoms with Gasteiger partial charge < -0.3 is 15.4 Å². The molecule has 5 heteroatoms. The Bertz CT molecular complexity index is 829. The summed E-state index contributed by atoms with van der Waals surface area (Å²) >= 11 is 3.36. The van der Waals surface area contributed by atoms with Crippen molar-refractivity contribution in [3.63, 3.8) is 0 Å². The Labute approximate surface area is 142 Å². The fourth-order valence-corrected chi connectivity index (χ4v) is 3.02. The number of rotatable bonds is 5. The molecule has 0 bridgehead atoms. The summed E-state index contributed by atoms with van der Waals surface area (Å²) < 4.78 is 0.849. The number of halogens is 1. The molecule has 1 atom stereocenters. The molecule has 3 aromatic rings. The number of amides is 1. The molecule has 0 saturated heterocycles. The summed E-state index contributed by atoms with van der Waals surface area (Å²) in [6.45, 7) is -0.112. The van der Waals surface area contributed by atoms with Gasteiger partial charge in [0.25, 0.3) is 5.91 Å². The van der Waals surface area contributed by atoms with Crippen LogP contribution in [0.2, 0.25) is 0 Å². The largest absolute Gasteiger partial charge is 0.394 e. The Morgan fingerprint density at radius 1 is 1.22 bits per heavy atom. The summed E-state index contributed by atoms with van der Waals surface area (Å²) in [4.78, 5) is 15.5. The van der Waals surface area contributed by atoms with E-state index >= 15 is 0 Å². The molecule has 0 saturated carbocycles. The van der Waals surface area contributed by atoms with Crippen molar-refractivity contribution in [1.29, 1.82) is 0 Å². The SMILES string of the molecule is O=C(N[C@@H](CO)Cc1c[nH]c2ccccc12)c1cccc(Br)c1. The first-order valence-electron chi connectivity index (χ1n) is 7.39. The third-order valence-corrected chi connectivity index (χ3v) is 4.28. The first-order chi connectivity index (χ1) is 11.2. The van der Waals surface area contributed by atoms with Crippen LogP contribution in [0.5, 0.6) is 0 Å². The standard InChI is InChI=1S/C18H17BrN2O2/c19-14-5-3-4-12(8-14)18(23)21-15(11-22)9-13-10-20-17-7-2-1-6-16(13)17/h1-8,10,15,20,22H,9,11H2,(H,21,23)/t15-/m1/s1. The summed E-state index contributed by atoms with van der Waals surface area (Å²) in [5, 5.41) is 13.6. The maximum atomic E-state index is 12.3. The van der Waals surface area contributed by atoms with Gasteiger partial charge in [-0.1, -0.05) is 40.2 Å². The van der Waals surface area contributed by atoms with Gasteiger partial charge in [-0.3, -0.25) is 4.79 Å². The summed E-state index contributed by atoms with van der Waals surface area (Å²) in [7, 11) is 0. The highest BCUT2D eigenvalue weighted by atomic mass is 79.9. The Morgan fingerprint density at radius 2 is 2.04 bits per heavy atom. The Morgan fingerprint density at radius 3 is 2.83 bits per heavy atom. The van der Waals surface area contributed by atoms with Crippen LogP contribution in [-0.4, -0.2) is 28.6 Å². The average molecular weight is 373 g/mol. The molecule has 0 aliphatic carbocycles. The molecule has 0 aliphatic heterocycles. The van der Waals surface area contributed by atoms with Crippen LogP contribution in [0.15, 0.2) is 59.2 Å². The third kappa shape index (κ3) is 3.63. The molecule has 0 spiro atoms. The third-order valence-electron chi connectivity index (χ3n) is 3.78. The second-order valence-electron chi connectivity index (χ2n) is 5.43. The zero-order valence-corrected chi connectivity index (χ0v) is 14.0. The van der Waals surface area contributed by atoms with Crippen LogP contribution in [0.25, 0.3) is 10.9 Å². The molecule has 1 aromatic heterocycles. The van der Waals surface area contributed by atoms with Gasteiger partial charge in [0.15, 0.2) is 0 Å². The van der Waals surface area contributed by atoms with Gasteiger partial charge in [0.05, 0.1) is 12.6 Å². The maximum absolute atomic E-state index is 12.3. The van der Waals surface area contributed by atoms with Crippen LogP contribution in [0.3, 0.4) is 0 Å². The lowest BCUT2D eigenvalue weighted by atomic mass is 10.0. The molecule has 0 unspecified atom stereocenters. The minimum atomic E-state index is -0.333. The predicted octanol–water partition coefficient (Wildman–Crippen LogP) is 3.26. The zero-order valence-electron chi connectivity index (χ0n) is 12.4. The monoisotopic (exact) mass is 372 g/mol. The predicted molar refractivity (Wildman–Crippen MR) is 94.5 cm³/mol. The number of para-hydroxylation sites is 1. The van der Waals surface area contributed by atoms with Crippen LogP contribution < -0.4 is 5.32 Å². The van der Waals surface area contributed by atoms with Gasteiger partial charge in [-0.2, -0.15) is 0 Å². The van der Waals surface area contributed by atoms with Crippen molar-refractivity contribution in [2.45, 2.75) is 12.5 Å². The number of hydrogen-bond donors (Lipinski definition) is 3. The number of carbonyl (C=O) groups is 1. The molecule has 118 valence electrons. The van der Waals surface area contributed by atoms with E-state index in [2.05, 4.69) is 26.2 Å². The molecule has 2 aromatic carbocycles. The maximum Gasteiger partial charge on any atom is 0.251 e. The highest BCUT2D eigenvalue weighted by Gasteiger charge is 2.15. The molecule has 1 amide bonds. The second-order valence-corrected chi connectivity index (χ2v) is 6.34. The number of fused-ring (bicyclic) bond motifs is 1. The van der Waals surface area contributed by atoms with Crippen molar-refractivity contribution in [3.05, 3.63) is 70.3 Å². The molecule has 4 nitrogen and oxygen atoms in total. The van der Waals surface area contributed by atoms with Crippen LogP contribution in [0.4, 0.5) is 0 Å². The van der Waals surface area contributed by atoms with E-state index in [9.17, 15) is 9.90 Å². The topological polar surface area (TPSA) is 65.1 Å². The van der Waals surface area contributed by atoms with Crippen molar-refractivity contribution in [2.75, 3.05) is 6.61 Å². The quantitative estimate of drug-likeness (QED) is 0.643. The van der Waals surface area contributed by atoms with Gasteiger partial charge >= 0.3 is 0 Å². The second kappa shape index (κ2) is 6.98. The summed E-state index contributed by atoms with van der Waals surface area (Å²) in [6, 6.07) is 14.8. The van der Waals surface area contributed by atoms with E-state index < -0.39 is 0 Å². The summed E-state index contributed by atoms with van der Waals surface area (Å²) in [5.41, 5.74) is 2.70. The van der Waals surface area contributed by atoms with Crippen molar-refractivity contribution in [3.8, 4) is 0 Å². The molecular weight excluding hydrogens is 356 g/mol. The van der Waals surface area contributed by atoms with E-state index in [0.29, 0.717) is 12.0 Å². The van der Waals surface area contributed by atoms with Crippen LogP contribution in [0.1, 0.15) is 15.9 Å². The molecule has 0 fully saturated rings. The highest BCUT2D eigenvalue weighted by Crippen LogP contribution is 2.19. The van der Waals surface area contributed by atoms with Crippen LogP contribution in [0, 0.1) is 0 Å². The first kappa shape index (κ1) is 15.8. The molecule has 3 rings (SSSR count). The number of carbonyl (C=O) groups excluding carboxylic acids is 1. The van der Waals surface area contributed by atoms with E-state index in [1.165, 1.54) is 0 Å². The van der Waals surface area contributed by atoms with Crippen molar-refractivity contribution in [2.24, 2.45) is 0 Å². The Hall–Kier alpha value is -2.11. The number of hydrogen-bond acceptors (Lipinski definition) is 2. The summed E-state index contributed by atoms with van der Waals surface area (Å²) in [6.07, 6.45) is 2.50.